The molecule has 0 bridgehead atoms. The lowest BCUT2D eigenvalue weighted by atomic mass is 10.1. The molecule has 2 atom stereocenters. The summed E-state index contributed by atoms with van der Waals surface area (Å²) in [5, 5.41) is 19.4. The van der Waals surface area contributed by atoms with E-state index in [2.05, 4.69) is 0 Å². The number of carboxylic acids is 1. The van der Waals surface area contributed by atoms with E-state index in [1.807, 2.05) is 65.6 Å². The molecule has 0 aliphatic carbocycles. The predicted molar refractivity (Wildman–Crippen MR) is 127 cm³/mol. The molecule has 33 heavy (non-hydrogen) atoms. The van der Waals surface area contributed by atoms with Crippen LogP contribution >= 0.6 is 0 Å². The normalized spacial score (nSPS) is 16.9. The Kier molecular flexibility index (Phi) is 9.51. The number of benzene rings is 2. The van der Waals surface area contributed by atoms with E-state index in [0.29, 0.717) is 31.7 Å². The third-order valence-electron chi connectivity index (χ3n) is 5.88. The van der Waals surface area contributed by atoms with Gasteiger partial charge in [0, 0.05) is 19.4 Å². The maximum atomic E-state index is 12.3. The summed E-state index contributed by atoms with van der Waals surface area (Å²) >= 11 is 0. The van der Waals surface area contributed by atoms with Crippen molar-refractivity contribution in [2.45, 2.75) is 63.7 Å². The number of aliphatic hydroxyl groups excluding tert-OH is 1. The van der Waals surface area contributed by atoms with E-state index >= 15 is 0 Å². The third-order valence-corrected chi connectivity index (χ3v) is 5.88. The number of aliphatic hydroxyl groups is 1. The molecule has 2 N–H and O–H groups in total. The van der Waals surface area contributed by atoms with Crippen molar-refractivity contribution in [3.05, 3.63) is 77.9 Å². The van der Waals surface area contributed by atoms with Crippen molar-refractivity contribution in [1.82, 2.24) is 4.90 Å². The average Bonchev–Trinajstić information content (AvgIpc) is 3.18. The summed E-state index contributed by atoms with van der Waals surface area (Å²) in [6, 6.07) is 17.3. The molecule has 1 aliphatic heterocycles. The van der Waals surface area contributed by atoms with Crippen LogP contribution in [0.15, 0.2) is 66.7 Å². The Hall–Kier alpha value is -3.12. The monoisotopic (exact) mass is 451 g/mol. The van der Waals surface area contributed by atoms with E-state index in [0.717, 1.165) is 36.8 Å². The van der Waals surface area contributed by atoms with Gasteiger partial charge in [-0.25, -0.2) is 0 Å². The van der Waals surface area contributed by atoms with Crippen molar-refractivity contribution in [3.8, 4) is 5.75 Å². The minimum absolute atomic E-state index is 0.0105. The van der Waals surface area contributed by atoms with Gasteiger partial charge in [0.05, 0.1) is 12.1 Å². The van der Waals surface area contributed by atoms with Crippen LogP contribution in [0.5, 0.6) is 5.75 Å². The van der Waals surface area contributed by atoms with E-state index in [1.54, 1.807) is 6.08 Å². The second-order valence-electron chi connectivity index (χ2n) is 8.43. The van der Waals surface area contributed by atoms with Gasteiger partial charge in [0.2, 0.25) is 5.91 Å². The summed E-state index contributed by atoms with van der Waals surface area (Å²) in [6.45, 7) is 1.13. The van der Waals surface area contributed by atoms with E-state index in [9.17, 15) is 14.7 Å². The fraction of sp³-hybridized carbons (Fsp3) is 0.407. The van der Waals surface area contributed by atoms with Gasteiger partial charge in [0.25, 0.3) is 0 Å². The molecule has 176 valence electrons. The van der Waals surface area contributed by atoms with Crippen LogP contribution in [-0.4, -0.2) is 39.6 Å². The second kappa shape index (κ2) is 12.8. The summed E-state index contributed by atoms with van der Waals surface area (Å²) < 4.78 is 5.86. The molecule has 0 aromatic heterocycles. The van der Waals surface area contributed by atoms with Gasteiger partial charge in [0.1, 0.15) is 12.4 Å². The van der Waals surface area contributed by atoms with Gasteiger partial charge in [-0.2, -0.15) is 0 Å². The highest BCUT2D eigenvalue weighted by molar-refractivity contribution is 5.79. The highest BCUT2D eigenvalue weighted by atomic mass is 16.5. The van der Waals surface area contributed by atoms with Crippen LogP contribution in [0.4, 0.5) is 0 Å². The zero-order chi connectivity index (χ0) is 23.5. The minimum atomic E-state index is -0.779. The molecule has 3 rings (SSSR count). The standard InChI is InChI=1S/C27H33NO5/c29-25(22-11-8-12-24(19-22)33-20-21-9-4-3-5-10-21)16-14-23-15-17-26(30)28(23)18-7-2-1-6-13-27(31)32/h3-5,8-12,14,16,19,23,25,29H,1-2,6-7,13,15,17-18,20H2,(H,31,32)/t23?,25-/m1/s1. The first-order valence-corrected chi connectivity index (χ1v) is 11.7. The lowest BCUT2D eigenvalue weighted by Gasteiger charge is -2.22. The Morgan fingerprint density at radius 2 is 1.88 bits per heavy atom. The third kappa shape index (κ3) is 8.06. The summed E-state index contributed by atoms with van der Waals surface area (Å²) in [5.74, 6) is 0.0760. The van der Waals surface area contributed by atoms with Crippen molar-refractivity contribution in [3.63, 3.8) is 0 Å². The maximum absolute atomic E-state index is 12.3. The molecule has 1 heterocycles. The predicted octanol–water partition coefficient (Wildman–Crippen LogP) is 4.88. The molecule has 0 saturated carbocycles. The SMILES string of the molecule is O=C(O)CCCCCCN1C(=O)CCC1C=C[C@@H](O)c1cccc(OCc2ccccc2)c1. The number of hydrogen-bond acceptors (Lipinski definition) is 4. The highest BCUT2D eigenvalue weighted by Gasteiger charge is 2.28. The molecule has 0 spiro atoms. The number of hydrogen-bond donors (Lipinski definition) is 2. The maximum Gasteiger partial charge on any atom is 0.303 e. The molecule has 1 aliphatic rings. The van der Waals surface area contributed by atoms with Gasteiger partial charge in [-0.3, -0.25) is 9.59 Å². The smallest absolute Gasteiger partial charge is 0.303 e. The molecule has 1 saturated heterocycles. The number of carbonyl (C=O) groups excluding carboxylic acids is 1. The number of carboxylic acid groups (broad SMARTS) is 1. The number of nitrogens with zero attached hydrogens (tertiary/aromatic N) is 1. The number of likely N-dealkylation sites (tertiary alicyclic amines) is 1. The van der Waals surface area contributed by atoms with Crippen molar-refractivity contribution >= 4 is 11.9 Å². The van der Waals surface area contributed by atoms with Crippen molar-refractivity contribution < 1.29 is 24.5 Å². The fourth-order valence-corrected chi connectivity index (χ4v) is 4.03. The summed E-state index contributed by atoms with van der Waals surface area (Å²) in [7, 11) is 0. The van der Waals surface area contributed by atoms with Crippen LogP contribution < -0.4 is 4.74 Å². The first-order valence-electron chi connectivity index (χ1n) is 11.7. The largest absolute Gasteiger partial charge is 0.489 e. The van der Waals surface area contributed by atoms with Crippen molar-refractivity contribution in [1.29, 1.82) is 0 Å². The van der Waals surface area contributed by atoms with Crippen molar-refractivity contribution in [2.75, 3.05) is 6.54 Å². The van der Waals surface area contributed by atoms with Gasteiger partial charge in [-0.05, 0) is 42.5 Å². The van der Waals surface area contributed by atoms with Crippen molar-refractivity contribution in [2.24, 2.45) is 0 Å². The van der Waals surface area contributed by atoms with Crippen LogP contribution in [0.2, 0.25) is 0 Å². The number of aliphatic carboxylic acids is 1. The van der Waals surface area contributed by atoms with E-state index < -0.39 is 12.1 Å². The van der Waals surface area contributed by atoms with E-state index in [4.69, 9.17) is 9.84 Å². The van der Waals surface area contributed by atoms with Crippen LogP contribution in [-0.2, 0) is 16.2 Å². The molecular formula is C27H33NO5. The summed E-state index contributed by atoms with van der Waals surface area (Å²) in [4.78, 5) is 24.7. The van der Waals surface area contributed by atoms with Gasteiger partial charge in [-0.1, -0.05) is 67.5 Å². The minimum Gasteiger partial charge on any atom is -0.489 e. The Morgan fingerprint density at radius 1 is 1.09 bits per heavy atom. The first kappa shape index (κ1) is 24.5. The Bertz CT molecular complexity index is 927. The zero-order valence-corrected chi connectivity index (χ0v) is 18.9. The molecule has 6 heteroatoms. The fourth-order valence-electron chi connectivity index (χ4n) is 4.03. The molecule has 1 fully saturated rings. The van der Waals surface area contributed by atoms with Crippen LogP contribution in [0.1, 0.15) is 62.2 Å². The summed E-state index contributed by atoms with van der Waals surface area (Å²) in [5.41, 5.74) is 1.82. The molecule has 0 radical (unpaired) electrons. The van der Waals surface area contributed by atoms with Crippen LogP contribution in [0.3, 0.4) is 0 Å². The molecule has 2 aromatic rings. The number of unbranched alkanes of at least 4 members (excludes halogenated alkanes) is 3. The quantitative estimate of drug-likeness (QED) is 0.335. The summed E-state index contributed by atoms with van der Waals surface area (Å²) in [6.07, 6.45) is 7.67. The van der Waals surface area contributed by atoms with Gasteiger partial charge < -0.3 is 19.8 Å². The van der Waals surface area contributed by atoms with Crippen LogP contribution in [0, 0.1) is 0 Å². The van der Waals surface area contributed by atoms with Crippen LogP contribution in [0.25, 0.3) is 0 Å². The number of amides is 1. The number of ether oxygens (including phenoxy) is 1. The van der Waals surface area contributed by atoms with E-state index in [1.165, 1.54) is 0 Å². The lowest BCUT2D eigenvalue weighted by molar-refractivity contribution is -0.137. The average molecular weight is 452 g/mol. The number of carbonyl (C=O) groups is 2. The highest BCUT2D eigenvalue weighted by Crippen LogP contribution is 2.25. The second-order valence-corrected chi connectivity index (χ2v) is 8.43. The zero-order valence-electron chi connectivity index (χ0n) is 18.9. The topological polar surface area (TPSA) is 87.1 Å². The lowest BCUT2D eigenvalue weighted by Crippen LogP contribution is -2.32. The Morgan fingerprint density at radius 3 is 2.67 bits per heavy atom. The molecule has 2 aromatic carbocycles. The Balaban J connectivity index is 1.49. The Labute approximate surface area is 195 Å². The first-order chi connectivity index (χ1) is 16.0. The van der Waals surface area contributed by atoms with E-state index in [-0.39, 0.29) is 18.4 Å². The molecule has 6 nitrogen and oxygen atoms in total. The molecule has 1 unspecified atom stereocenters. The molecule has 1 amide bonds. The molecular weight excluding hydrogens is 418 g/mol. The van der Waals surface area contributed by atoms with Gasteiger partial charge >= 0.3 is 5.97 Å². The van der Waals surface area contributed by atoms with Gasteiger partial charge in [0.15, 0.2) is 0 Å². The van der Waals surface area contributed by atoms with Gasteiger partial charge in [-0.15, -0.1) is 0 Å². The number of rotatable bonds is 13.